The molecule has 2 rings (SSSR count). The zero-order valence-corrected chi connectivity index (χ0v) is 13.1. The molecule has 0 unspecified atom stereocenters. The molecule has 2 N–H and O–H groups in total. The van der Waals surface area contributed by atoms with Gasteiger partial charge >= 0.3 is 0 Å². The summed E-state index contributed by atoms with van der Waals surface area (Å²) in [7, 11) is 0. The van der Waals surface area contributed by atoms with Crippen LogP contribution in [0.1, 0.15) is 26.3 Å². The third-order valence-electron chi connectivity index (χ3n) is 3.29. The van der Waals surface area contributed by atoms with Crippen molar-refractivity contribution in [1.82, 2.24) is 0 Å². The van der Waals surface area contributed by atoms with Crippen molar-refractivity contribution in [2.45, 2.75) is 26.2 Å². The van der Waals surface area contributed by atoms with Crippen molar-refractivity contribution in [3.8, 4) is 0 Å². The maximum absolute atomic E-state index is 13.1. The van der Waals surface area contributed by atoms with Crippen molar-refractivity contribution in [2.75, 3.05) is 17.2 Å². The Bertz CT molecular complexity index is 662. The molecule has 0 bridgehead atoms. The van der Waals surface area contributed by atoms with E-state index in [2.05, 4.69) is 31.4 Å². The largest absolute Gasteiger partial charge is 0.376 e. The summed E-state index contributed by atoms with van der Waals surface area (Å²) >= 11 is 0. The maximum Gasteiger partial charge on any atom is 0.243 e. The van der Waals surface area contributed by atoms with Gasteiger partial charge in [-0.2, -0.15) is 0 Å². The van der Waals surface area contributed by atoms with Crippen LogP contribution < -0.4 is 10.6 Å². The molecular weight excluding hydrogens is 279 g/mol. The second-order valence-corrected chi connectivity index (χ2v) is 6.21. The molecule has 1 amide bonds. The van der Waals surface area contributed by atoms with Crippen LogP contribution in [0.5, 0.6) is 0 Å². The molecule has 0 fully saturated rings. The van der Waals surface area contributed by atoms with Crippen LogP contribution in [0.3, 0.4) is 0 Å². The van der Waals surface area contributed by atoms with E-state index in [4.69, 9.17) is 0 Å². The molecule has 0 heterocycles. The predicted molar refractivity (Wildman–Crippen MR) is 88.7 cm³/mol. The minimum Gasteiger partial charge on any atom is -0.376 e. The van der Waals surface area contributed by atoms with Gasteiger partial charge < -0.3 is 10.6 Å². The summed E-state index contributed by atoms with van der Waals surface area (Å²) < 4.78 is 13.1. The lowest BCUT2D eigenvalue weighted by molar-refractivity contribution is -0.114. The average Bonchev–Trinajstić information content (AvgIpc) is 2.45. The summed E-state index contributed by atoms with van der Waals surface area (Å²) in [6.45, 7) is 6.39. The first-order valence-electron chi connectivity index (χ1n) is 7.25. The molecule has 0 aliphatic heterocycles. The Morgan fingerprint density at radius 2 is 1.82 bits per heavy atom. The Morgan fingerprint density at radius 1 is 1.09 bits per heavy atom. The Kier molecular flexibility index (Phi) is 4.81. The van der Waals surface area contributed by atoms with E-state index in [-0.39, 0.29) is 23.7 Å². The number of hydrogen-bond donors (Lipinski definition) is 2. The van der Waals surface area contributed by atoms with Gasteiger partial charge in [0.15, 0.2) is 0 Å². The number of carbonyl (C=O) groups excluding carboxylic acids is 1. The van der Waals surface area contributed by atoms with E-state index in [1.165, 1.54) is 12.1 Å². The SMILES string of the molecule is CC(C)(C)c1ccccc1NC(=O)CNc1cccc(F)c1. The number of halogens is 1. The smallest absolute Gasteiger partial charge is 0.243 e. The molecule has 0 aliphatic carbocycles. The first-order valence-corrected chi connectivity index (χ1v) is 7.25. The molecule has 2 aromatic carbocycles. The normalized spacial score (nSPS) is 11.1. The number of carbonyl (C=O) groups is 1. The maximum atomic E-state index is 13.1. The van der Waals surface area contributed by atoms with E-state index in [0.717, 1.165) is 11.3 Å². The molecule has 3 nitrogen and oxygen atoms in total. The van der Waals surface area contributed by atoms with Gasteiger partial charge in [0.25, 0.3) is 0 Å². The first kappa shape index (κ1) is 16.0. The van der Waals surface area contributed by atoms with Gasteiger partial charge in [-0.15, -0.1) is 0 Å². The molecule has 0 saturated carbocycles. The van der Waals surface area contributed by atoms with E-state index in [9.17, 15) is 9.18 Å². The topological polar surface area (TPSA) is 41.1 Å². The van der Waals surface area contributed by atoms with Crippen LogP contribution in [0.25, 0.3) is 0 Å². The minimum atomic E-state index is -0.330. The number of anilines is 2. The third kappa shape index (κ3) is 4.32. The quantitative estimate of drug-likeness (QED) is 0.889. The van der Waals surface area contributed by atoms with Crippen molar-refractivity contribution in [3.63, 3.8) is 0 Å². The number of hydrogen-bond acceptors (Lipinski definition) is 2. The fraction of sp³-hybridized carbons (Fsp3) is 0.278. The first-order chi connectivity index (χ1) is 10.4. The Morgan fingerprint density at radius 3 is 2.50 bits per heavy atom. The van der Waals surface area contributed by atoms with Crippen LogP contribution >= 0.6 is 0 Å². The van der Waals surface area contributed by atoms with Crippen molar-refractivity contribution in [3.05, 3.63) is 59.9 Å². The van der Waals surface area contributed by atoms with Gasteiger partial charge in [-0.25, -0.2) is 4.39 Å². The lowest BCUT2D eigenvalue weighted by Gasteiger charge is -2.23. The fourth-order valence-electron chi connectivity index (χ4n) is 2.22. The monoisotopic (exact) mass is 300 g/mol. The summed E-state index contributed by atoms with van der Waals surface area (Å²) in [5.41, 5.74) is 2.41. The molecule has 4 heteroatoms. The number of benzene rings is 2. The summed E-state index contributed by atoms with van der Waals surface area (Å²) in [5, 5.41) is 5.82. The van der Waals surface area contributed by atoms with Crippen LogP contribution in [0.2, 0.25) is 0 Å². The van der Waals surface area contributed by atoms with Crippen molar-refractivity contribution >= 4 is 17.3 Å². The Hall–Kier alpha value is -2.36. The molecule has 22 heavy (non-hydrogen) atoms. The Labute approximate surface area is 130 Å². The van der Waals surface area contributed by atoms with Crippen LogP contribution in [0, 0.1) is 5.82 Å². The standard InChI is InChI=1S/C18H21FN2O/c1-18(2,3)15-9-4-5-10-16(15)21-17(22)12-20-14-8-6-7-13(19)11-14/h4-11,20H,12H2,1-3H3,(H,21,22). The van der Waals surface area contributed by atoms with Crippen LogP contribution in [0.15, 0.2) is 48.5 Å². The van der Waals surface area contributed by atoms with Gasteiger partial charge in [0, 0.05) is 11.4 Å². The zero-order chi connectivity index (χ0) is 16.2. The summed E-state index contributed by atoms with van der Waals surface area (Å²) in [4.78, 5) is 12.1. The van der Waals surface area contributed by atoms with Crippen LogP contribution in [-0.2, 0) is 10.2 Å². The van der Waals surface area contributed by atoms with E-state index in [1.54, 1.807) is 12.1 Å². The fourth-order valence-corrected chi connectivity index (χ4v) is 2.22. The van der Waals surface area contributed by atoms with Gasteiger partial charge in [-0.05, 0) is 35.2 Å². The molecule has 2 aromatic rings. The molecule has 0 aromatic heterocycles. The van der Waals surface area contributed by atoms with Crippen LogP contribution in [-0.4, -0.2) is 12.5 Å². The molecule has 0 saturated heterocycles. The van der Waals surface area contributed by atoms with E-state index in [0.29, 0.717) is 5.69 Å². The van der Waals surface area contributed by atoms with Gasteiger partial charge in [-0.3, -0.25) is 4.79 Å². The highest BCUT2D eigenvalue weighted by molar-refractivity contribution is 5.94. The van der Waals surface area contributed by atoms with Gasteiger partial charge in [-0.1, -0.05) is 45.0 Å². The van der Waals surface area contributed by atoms with Gasteiger partial charge in [0.2, 0.25) is 5.91 Å². The minimum absolute atomic E-state index is 0.0557. The van der Waals surface area contributed by atoms with Gasteiger partial charge in [0.05, 0.1) is 6.54 Å². The highest BCUT2D eigenvalue weighted by Crippen LogP contribution is 2.29. The summed E-state index contributed by atoms with van der Waals surface area (Å²) in [5.74, 6) is -0.496. The number of nitrogens with one attached hydrogen (secondary N) is 2. The van der Waals surface area contributed by atoms with Gasteiger partial charge in [0.1, 0.15) is 5.82 Å². The second kappa shape index (κ2) is 6.60. The molecular formula is C18H21FN2O. The zero-order valence-electron chi connectivity index (χ0n) is 13.1. The van der Waals surface area contributed by atoms with Crippen molar-refractivity contribution in [1.29, 1.82) is 0 Å². The molecule has 0 radical (unpaired) electrons. The summed E-state index contributed by atoms with van der Waals surface area (Å²) in [6, 6.07) is 13.8. The Balaban J connectivity index is 2.01. The highest BCUT2D eigenvalue weighted by Gasteiger charge is 2.18. The number of para-hydroxylation sites is 1. The van der Waals surface area contributed by atoms with E-state index in [1.807, 2.05) is 24.3 Å². The average molecular weight is 300 g/mol. The van der Waals surface area contributed by atoms with Crippen molar-refractivity contribution < 1.29 is 9.18 Å². The lowest BCUT2D eigenvalue weighted by atomic mass is 9.86. The predicted octanol–water partition coefficient (Wildman–Crippen LogP) is 4.17. The van der Waals surface area contributed by atoms with Crippen LogP contribution in [0.4, 0.5) is 15.8 Å². The molecule has 116 valence electrons. The van der Waals surface area contributed by atoms with E-state index >= 15 is 0 Å². The highest BCUT2D eigenvalue weighted by atomic mass is 19.1. The number of rotatable bonds is 4. The van der Waals surface area contributed by atoms with E-state index < -0.39 is 0 Å². The third-order valence-corrected chi connectivity index (χ3v) is 3.29. The second-order valence-electron chi connectivity index (χ2n) is 6.21. The molecule has 0 spiro atoms. The number of amides is 1. The molecule has 0 aliphatic rings. The van der Waals surface area contributed by atoms with Crippen molar-refractivity contribution in [2.24, 2.45) is 0 Å². The summed E-state index contributed by atoms with van der Waals surface area (Å²) in [6.07, 6.45) is 0. The lowest BCUT2D eigenvalue weighted by Crippen LogP contribution is -2.24. The molecule has 0 atom stereocenters.